The highest BCUT2D eigenvalue weighted by molar-refractivity contribution is 8.13. The summed E-state index contributed by atoms with van der Waals surface area (Å²) < 4.78 is 5.14. The van der Waals surface area contributed by atoms with Crippen LogP contribution in [-0.2, 0) is 14.3 Å². The van der Waals surface area contributed by atoms with E-state index in [0.29, 0.717) is 21.4 Å². The predicted molar refractivity (Wildman–Crippen MR) is 80.4 cm³/mol. The number of thioether (sulfide) groups is 1. The van der Waals surface area contributed by atoms with Crippen LogP contribution in [0.25, 0.3) is 0 Å². The van der Waals surface area contributed by atoms with Gasteiger partial charge in [0.2, 0.25) is 0 Å². The van der Waals surface area contributed by atoms with Crippen molar-refractivity contribution >= 4 is 51.7 Å². The number of amides is 1. The summed E-state index contributed by atoms with van der Waals surface area (Å²) in [5.41, 5.74) is 0. The fourth-order valence-electron chi connectivity index (χ4n) is 1.38. The highest BCUT2D eigenvalue weighted by atomic mass is 35.5. The first-order valence-electron chi connectivity index (χ1n) is 5.71. The van der Waals surface area contributed by atoms with Crippen LogP contribution in [0.3, 0.4) is 0 Å². The first kappa shape index (κ1) is 17.0. The number of nitrogens with one attached hydrogen (secondary N) is 1. The average molecular weight is 336 g/mol. The number of hydrogen-bond acceptors (Lipinski definition) is 6. The van der Waals surface area contributed by atoms with E-state index >= 15 is 0 Å². The Hall–Kier alpha value is -1.05. The van der Waals surface area contributed by atoms with Crippen LogP contribution < -0.4 is 5.32 Å². The summed E-state index contributed by atoms with van der Waals surface area (Å²) in [5.74, 6) is -0.490. The van der Waals surface area contributed by atoms with Crippen molar-refractivity contribution in [3.8, 4) is 0 Å². The van der Waals surface area contributed by atoms with Crippen LogP contribution in [0.5, 0.6) is 0 Å². The van der Waals surface area contributed by atoms with Crippen molar-refractivity contribution in [1.29, 1.82) is 0 Å². The van der Waals surface area contributed by atoms with E-state index in [9.17, 15) is 14.4 Å². The fourth-order valence-corrected chi connectivity index (χ4v) is 2.96. The van der Waals surface area contributed by atoms with Crippen molar-refractivity contribution in [2.24, 2.45) is 0 Å². The lowest BCUT2D eigenvalue weighted by molar-refractivity contribution is -0.142. The summed E-state index contributed by atoms with van der Waals surface area (Å²) in [6.07, 6.45) is 0.321. The van der Waals surface area contributed by atoms with Crippen molar-refractivity contribution in [3.63, 3.8) is 0 Å². The van der Waals surface area contributed by atoms with Gasteiger partial charge in [0.15, 0.2) is 5.12 Å². The second-order valence-electron chi connectivity index (χ2n) is 3.78. The molecule has 1 N–H and O–H groups in total. The molecule has 110 valence electrons. The van der Waals surface area contributed by atoms with Gasteiger partial charge in [0.05, 0.1) is 16.3 Å². The molecule has 0 aliphatic heterocycles. The van der Waals surface area contributed by atoms with Crippen molar-refractivity contribution in [2.75, 3.05) is 12.9 Å². The summed E-state index contributed by atoms with van der Waals surface area (Å²) in [6, 6.07) is 2.42. The van der Waals surface area contributed by atoms with Gasteiger partial charge in [-0.15, -0.1) is 11.3 Å². The van der Waals surface area contributed by atoms with E-state index in [1.165, 1.54) is 14.0 Å². The molecule has 1 aromatic heterocycles. The molecular weight excluding hydrogens is 322 g/mol. The van der Waals surface area contributed by atoms with Gasteiger partial charge in [0.25, 0.3) is 5.91 Å². The Morgan fingerprint density at radius 1 is 1.45 bits per heavy atom. The van der Waals surface area contributed by atoms with Crippen LogP contribution in [0.1, 0.15) is 23.0 Å². The zero-order valence-corrected chi connectivity index (χ0v) is 13.4. The second kappa shape index (κ2) is 8.28. The summed E-state index contributed by atoms with van der Waals surface area (Å²) >= 11 is 7.98. The molecular formula is C12H14ClNO4S2. The zero-order valence-electron chi connectivity index (χ0n) is 11.0. The van der Waals surface area contributed by atoms with Gasteiger partial charge in [-0.05, 0) is 18.6 Å². The number of hydrogen-bond donors (Lipinski definition) is 1. The summed E-state index contributed by atoms with van der Waals surface area (Å²) in [4.78, 5) is 34.8. The molecule has 0 aliphatic carbocycles. The Balaban J connectivity index is 2.62. The third-order valence-electron chi connectivity index (χ3n) is 2.30. The Bertz CT molecular complexity index is 503. The number of esters is 1. The molecule has 1 heterocycles. The van der Waals surface area contributed by atoms with Crippen LogP contribution in [-0.4, -0.2) is 35.9 Å². The van der Waals surface area contributed by atoms with Crippen LogP contribution in [0.15, 0.2) is 12.1 Å². The fraction of sp³-hybridized carbons (Fsp3) is 0.417. The van der Waals surface area contributed by atoms with Gasteiger partial charge >= 0.3 is 5.97 Å². The lowest BCUT2D eigenvalue weighted by Gasteiger charge is -2.15. The summed E-state index contributed by atoms with van der Waals surface area (Å²) in [5, 5.41) is 2.55. The molecule has 20 heavy (non-hydrogen) atoms. The molecule has 8 heteroatoms. The molecule has 1 rings (SSSR count). The van der Waals surface area contributed by atoms with E-state index < -0.39 is 12.0 Å². The van der Waals surface area contributed by atoms with Gasteiger partial charge in [-0.1, -0.05) is 23.4 Å². The van der Waals surface area contributed by atoms with Crippen molar-refractivity contribution in [1.82, 2.24) is 5.32 Å². The third-order valence-corrected chi connectivity index (χ3v) is 4.38. The molecule has 1 aromatic rings. The molecule has 0 spiro atoms. The maximum absolute atomic E-state index is 11.9. The Kier molecular flexibility index (Phi) is 7.04. The number of thiophene rings is 1. The Labute approximate surface area is 130 Å². The largest absolute Gasteiger partial charge is 0.467 e. The third kappa shape index (κ3) is 5.52. The second-order valence-corrected chi connectivity index (χ2v) is 6.77. The minimum atomic E-state index is -0.778. The maximum atomic E-state index is 11.9. The Morgan fingerprint density at radius 2 is 2.15 bits per heavy atom. The van der Waals surface area contributed by atoms with E-state index in [0.717, 1.165) is 23.1 Å². The van der Waals surface area contributed by atoms with Crippen molar-refractivity contribution in [2.45, 2.75) is 19.4 Å². The highest BCUT2D eigenvalue weighted by Crippen LogP contribution is 2.21. The van der Waals surface area contributed by atoms with E-state index in [1.54, 1.807) is 12.1 Å². The normalized spacial score (nSPS) is 11.8. The van der Waals surface area contributed by atoms with E-state index in [1.807, 2.05) is 0 Å². The minimum Gasteiger partial charge on any atom is -0.467 e. The van der Waals surface area contributed by atoms with Gasteiger partial charge in [0.1, 0.15) is 6.04 Å². The highest BCUT2D eigenvalue weighted by Gasteiger charge is 2.22. The number of carbonyl (C=O) groups is 3. The molecule has 5 nitrogen and oxygen atoms in total. The number of rotatable bonds is 6. The quantitative estimate of drug-likeness (QED) is 0.808. The van der Waals surface area contributed by atoms with E-state index in [4.69, 9.17) is 11.6 Å². The van der Waals surface area contributed by atoms with Gasteiger partial charge in [-0.3, -0.25) is 9.59 Å². The number of carbonyl (C=O) groups excluding carboxylic acids is 3. The number of ether oxygens (including phenoxy) is 1. The monoisotopic (exact) mass is 335 g/mol. The average Bonchev–Trinajstić information content (AvgIpc) is 2.83. The molecule has 0 radical (unpaired) electrons. The lowest BCUT2D eigenvalue weighted by Crippen LogP contribution is -2.41. The molecule has 1 amide bonds. The maximum Gasteiger partial charge on any atom is 0.328 e. The lowest BCUT2D eigenvalue weighted by atomic mass is 10.2. The van der Waals surface area contributed by atoms with Crippen molar-refractivity contribution < 1.29 is 19.1 Å². The van der Waals surface area contributed by atoms with Crippen LogP contribution in [0, 0.1) is 0 Å². The summed E-state index contributed by atoms with van der Waals surface area (Å²) in [7, 11) is 1.25. The standard InChI is InChI=1S/C12H14ClNO4S2/c1-7(15)19-6-5-8(12(17)18-2)14-11(16)9-3-4-10(13)20-9/h3-4,8H,5-6H2,1-2H3,(H,14,16). The van der Waals surface area contributed by atoms with E-state index in [2.05, 4.69) is 10.1 Å². The smallest absolute Gasteiger partial charge is 0.328 e. The molecule has 0 bridgehead atoms. The molecule has 0 saturated carbocycles. The first-order chi connectivity index (χ1) is 9.43. The minimum absolute atomic E-state index is 0.0371. The molecule has 0 aliphatic rings. The number of methoxy groups -OCH3 is 1. The van der Waals surface area contributed by atoms with Crippen LogP contribution in [0.4, 0.5) is 0 Å². The van der Waals surface area contributed by atoms with Gasteiger partial charge in [0, 0.05) is 12.7 Å². The molecule has 0 saturated heterocycles. The van der Waals surface area contributed by atoms with Gasteiger partial charge < -0.3 is 10.1 Å². The molecule has 1 unspecified atom stereocenters. The Morgan fingerprint density at radius 3 is 2.65 bits per heavy atom. The molecule has 1 atom stereocenters. The molecule has 0 aromatic carbocycles. The predicted octanol–water partition coefficient (Wildman–Crippen LogP) is 2.34. The van der Waals surface area contributed by atoms with Crippen LogP contribution >= 0.6 is 34.7 Å². The topological polar surface area (TPSA) is 72.5 Å². The van der Waals surface area contributed by atoms with E-state index in [-0.39, 0.29) is 11.0 Å². The SMILES string of the molecule is COC(=O)C(CCSC(C)=O)NC(=O)c1ccc(Cl)s1. The number of halogens is 1. The van der Waals surface area contributed by atoms with Crippen LogP contribution in [0.2, 0.25) is 4.34 Å². The van der Waals surface area contributed by atoms with Gasteiger partial charge in [-0.2, -0.15) is 0 Å². The van der Waals surface area contributed by atoms with Crippen molar-refractivity contribution in [3.05, 3.63) is 21.3 Å². The first-order valence-corrected chi connectivity index (χ1v) is 7.89. The molecule has 0 fully saturated rings. The summed E-state index contributed by atoms with van der Waals surface area (Å²) in [6.45, 7) is 1.45. The zero-order chi connectivity index (χ0) is 15.1. The van der Waals surface area contributed by atoms with Gasteiger partial charge in [-0.25, -0.2) is 4.79 Å².